The first-order valence-corrected chi connectivity index (χ1v) is 13.3. The molecule has 0 radical (unpaired) electrons. The van der Waals surface area contributed by atoms with Crippen LogP contribution in [0.3, 0.4) is 0 Å². The van der Waals surface area contributed by atoms with Crippen LogP contribution in [-0.2, 0) is 23.3 Å². The van der Waals surface area contributed by atoms with E-state index in [1.807, 2.05) is 6.92 Å². The zero-order valence-corrected chi connectivity index (χ0v) is 22.6. The Morgan fingerprint density at radius 2 is 1.32 bits per heavy atom. The van der Waals surface area contributed by atoms with Crippen LogP contribution in [0.25, 0.3) is 0 Å². The third kappa shape index (κ3) is 15.5. The van der Waals surface area contributed by atoms with E-state index in [1.165, 1.54) is 6.40 Å². The van der Waals surface area contributed by atoms with Gasteiger partial charge in [-0.1, -0.05) is 0 Å². The van der Waals surface area contributed by atoms with Crippen LogP contribution >= 0.6 is 8.53 Å². The molecule has 1 atom stereocenters. The first-order valence-electron chi connectivity index (χ1n) is 13.4. The van der Waals surface area contributed by atoms with Gasteiger partial charge < -0.3 is 38.6 Å². The standard InChI is InChI=1S/C23H49N2O8P/c1-6-24-20-33-34(25(21(2)3)22(4)5)32-19-23(16-29-13-7-10-26,17-30-14-8-11-27)18-31-15-9-12-28/h20-22,26-28H,6-19H2,1-5H3/i26D,27D,28D. The van der Waals surface area contributed by atoms with Gasteiger partial charge in [-0.05, 0) is 53.9 Å². The molecule has 0 aliphatic carbocycles. The van der Waals surface area contributed by atoms with Crippen molar-refractivity contribution in [1.82, 2.24) is 4.67 Å². The van der Waals surface area contributed by atoms with Gasteiger partial charge in [0.15, 0.2) is 6.40 Å². The van der Waals surface area contributed by atoms with E-state index in [-0.39, 0.29) is 38.5 Å². The van der Waals surface area contributed by atoms with Gasteiger partial charge in [-0.2, -0.15) is 0 Å². The van der Waals surface area contributed by atoms with Crippen molar-refractivity contribution in [3.63, 3.8) is 0 Å². The van der Waals surface area contributed by atoms with Crippen molar-refractivity contribution in [2.75, 3.05) is 72.6 Å². The molecular formula is C23H49N2O8P. The summed E-state index contributed by atoms with van der Waals surface area (Å²) >= 11 is 0. The molecule has 10 nitrogen and oxygen atoms in total. The van der Waals surface area contributed by atoms with Crippen molar-refractivity contribution in [3.05, 3.63) is 0 Å². The van der Waals surface area contributed by atoms with E-state index in [2.05, 4.69) is 52.7 Å². The molecule has 0 fully saturated rings. The Morgan fingerprint density at radius 3 is 1.71 bits per heavy atom. The SMILES string of the molecule is [2H]OCCCOCC(COCCCO[2H])(COCCCO[2H])COP(OC=NCC)N(C(C)C)C(C)C. The molecule has 0 aromatic carbocycles. The number of aliphatic imine (C=N–C) groups is 1. The Labute approximate surface area is 212 Å². The topological polar surface area (TPSA) is 122 Å². The van der Waals surface area contributed by atoms with E-state index in [0.717, 1.165) is 0 Å². The highest BCUT2D eigenvalue weighted by molar-refractivity contribution is 7.45. The molecule has 0 saturated heterocycles. The third-order valence-corrected chi connectivity index (χ3v) is 6.57. The van der Waals surface area contributed by atoms with Gasteiger partial charge in [0.05, 0.1) is 31.8 Å². The van der Waals surface area contributed by atoms with Gasteiger partial charge in [0.1, 0.15) is 0 Å². The molecule has 0 aliphatic rings. The molecule has 0 bridgehead atoms. The predicted molar refractivity (Wildman–Crippen MR) is 135 cm³/mol. The zero-order valence-electron chi connectivity index (χ0n) is 24.7. The van der Waals surface area contributed by atoms with Crippen LogP contribution in [0.4, 0.5) is 0 Å². The fraction of sp³-hybridized carbons (Fsp3) is 0.957. The van der Waals surface area contributed by atoms with Crippen molar-refractivity contribution >= 4 is 14.9 Å². The Kier molecular flexibility index (Phi) is 18.1. The molecule has 0 aromatic heterocycles. The molecule has 0 saturated carbocycles. The van der Waals surface area contributed by atoms with Crippen molar-refractivity contribution in [1.29, 1.82) is 4.29 Å². The van der Waals surface area contributed by atoms with Crippen LogP contribution in [0.2, 0.25) is 0 Å². The van der Waals surface area contributed by atoms with E-state index in [9.17, 15) is 0 Å². The largest absolute Gasteiger partial charge is 0.425 e. The van der Waals surface area contributed by atoms with Crippen molar-refractivity contribution < 1.29 is 38.6 Å². The minimum Gasteiger partial charge on any atom is -0.425 e. The molecule has 34 heavy (non-hydrogen) atoms. The maximum atomic E-state index is 6.86. The predicted octanol–water partition coefficient (Wildman–Crippen LogP) is 2.60. The summed E-state index contributed by atoms with van der Waals surface area (Å²) in [5.41, 5.74) is -0.656. The van der Waals surface area contributed by atoms with Gasteiger partial charge in [-0.3, -0.25) is 4.99 Å². The quantitative estimate of drug-likeness (QED) is 0.0656. The van der Waals surface area contributed by atoms with Crippen LogP contribution in [-0.4, -0.2) is 115 Å². The lowest BCUT2D eigenvalue weighted by Gasteiger charge is -2.38. The lowest BCUT2D eigenvalue weighted by molar-refractivity contribution is -0.0917. The highest BCUT2D eigenvalue weighted by atomic mass is 31.2. The van der Waals surface area contributed by atoms with E-state index in [0.29, 0.717) is 65.4 Å². The first kappa shape index (κ1) is 28.2. The van der Waals surface area contributed by atoms with Crippen molar-refractivity contribution in [2.24, 2.45) is 10.4 Å². The minimum absolute atomic E-state index is 0.180. The average Bonchev–Trinajstić information content (AvgIpc) is 2.86. The Morgan fingerprint density at radius 1 is 0.853 bits per heavy atom. The van der Waals surface area contributed by atoms with E-state index < -0.39 is 13.9 Å². The second kappa shape index (κ2) is 21.8. The van der Waals surface area contributed by atoms with Crippen molar-refractivity contribution in [3.8, 4) is 0 Å². The maximum absolute atomic E-state index is 6.86. The molecule has 0 amide bonds. The highest BCUT2D eigenvalue weighted by Crippen LogP contribution is 2.46. The third-order valence-electron chi connectivity index (χ3n) is 4.65. The number of rotatable bonds is 27. The molecule has 0 rings (SSSR count). The van der Waals surface area contributed by atoms with Gasteiger partial charge in [-0.25, -0.2) is 4.67 Å². The molecule has 0 spiro atoms. The molecule has 0 aromatic rings. The van der Waals surface area contributed by atoms with Crippen LogP contribution in [0, 0.1) is 5.41 Å². The van der Waals surface area contributed by atoms with E-state index >= 15 is 0 Å². The normalized spacial score (nSPS) is 14.8. The van der Waals surface area contributed by atoms with Gasteiger partial charge >= 0.3 is 8.53 Å². The van der Waals surface area contributed by atoms with Gasteiger partial charge in [0.25, 0.3) is 0 Å². The Balaban J connectivity index is 5.66. The van der Waals surface area contributed by atoms with Crippen LogP contribution in [0.15, 0.2) is 4.99 Å². The summed E-state index contributed by atoms with van der Waals surface area (Å²) in [6, 6.07) is 0.359. The number of hydrogen-bond acceptors (Lipinski definition) is 10. The highest BCUT2D eigenvalue weighted by Gasteiger charge is 2.36. The average molecular weight is 516 g/mol. The van der Waals surface area contributed by atoms with Crippen LogP contribution in [0.5, 0.6) is 0 Å². The zero-order chi connectivity index (χ0) is 27.8. The molecule has 1 unspecified atom stereocenters. The van der Waals surface area contributed by atoms with Gasteiger partial charge in [0, 0.05) is 58.3 Å². The summed E-state index contributed by atoms with van der Waals surface area (Å²) in [5.74, 6) is 0. The number of nitrogens with zero attached hydrogens (tertiary/aromatic N) is 2. The summed E-state index contributed by atoms with van der Waals surface area (Å²) in [5, 5.41) is 13.2. The number of hydrogen-bond donors (Lipinski definition) is 3. The van der Waals surface area contributed by atoms with Crippen LogP contribution < -0.4 is 0 Å². The van der Waals surface area contributed by atoms with E-state index in [1.54, 1.807) is 0 Å². The monoisotopic (exact) mass is 515 g/mol. The van der Waals surface area contributed by atoms with Gasteiger partial charge in [-0.15, -0.1) is 0 Å². The lowest BCUT2D eigenvalue weighted by Crippen LogP contribution is -2.43. The Hall–Kier alpha value is -0.420. The summed E-state index contributed by atoms with van der Waals surface area (Å²) in [6.07, 6.45) is 3.21. The Bertz CT molecular complexity index is 498. The fourth-order valence-corrected chi connectivity index (χ4v) is 4.65. The van der Waals surface area contributed by atoms with Gasteiger partial charge in [0.2, 0.25) is 4.29 Å². The van der Waals surface area contributed by atoms with Crippen molar-refractivity contribution in [2.45, 2.75) is 66.0 Å². The molecular weight excluding hydrogens is 463 g/mol. The lowest BCUT2D eigenvalue weighted by atomic mass is 9.92. The first-order chi connectivity index (χ1) is 17.9. The second-order valence-electron chi connectivity index (χ2n) is 8.62. The number of ether oxygens (including phenoxy) is 3. The minimum atomic E-state index is -1.47. The summed E-state index contributed by atoms with van der Waals surface area (Å²) < 4.78 is 53.0. The summed E-state index contributed by atoms with van der Waals surface area (Å²) in [7, 11) is -1.47. The molecule has 11 heteroatoms. The number of aliphatic hydroxyl groups is 3. The maximum Gasteiger partial charge on any atom is 0.322 e. The summed E-state index contributed by atoms with van der Waals surface area (Å²) in [4.78, 5) is 4.20. The van der Waals surface area contributed by atoms with E-state index in [4.69, 9.17) is 27.6 Å². The smallest absolute Gasteiger partial charge is 0.322 e. The molecule has 0 heterocycles. The summed E-state index contributed by atoms with van der Waals surface area (Å²) in [6.45, 7) is 14.2. The molecule has 204 valence electrons. The number of aliphatic hydroxyl groups excluding tert-OH is 3. The van der Waals surface area contributed by atoms with Crippen LogP contribution in [0.1, 0.15) is 53.9 Å². The fourth-order valence-electron chi connectivity index (χ4n) is 3.06. The molecule has 0 aliphatic heterocycles. The molecule has 3 N–H and O–H groups in total. The second-order valence-corrected chi connectivity index (χ2v) is 10.0.